The first-order valence-corrected chi connectivity index (χ1v) is 18.2. The van der Waals surface area contributed by atoms with E-state index in [4.69, 9.17) is 14.2 Å². The first-order chi connectivity index (χ1) is 23.6. The van der Waals surface area contributed by atoms with Crippen LogP contribution in [0.4, 0.5) is 0 Å². The Hall–Kier alpha value is -3.94. The molecule has 0 radical (unpaired) electrons. The van der Waals surface area contributed by atoms with E-state index in [1.807, 2.05) is 19.9 Å². The highest BCUT2D eigenvalue weighted by Gasteiger charge is 2.58. The maximum atomic E-state index is 12.3. The van der Waals surface area contributed by atoms with Gasteiger partial charge < -0.3 is 14.2 Å². The van der Waals surface area contributed by atoms with Crippen LogP contribution >= 0.6 is 0 Å². The fraction of sp³-hybridized carbons (Fsp3) is 0.571. The second-order valence-electron chi connectivity index (χ2n) is 15.7. The molecule has 8 nitrogen and oxygen atoms in total. The number of benzene rings is 2. The van der Waals surface area contributed by atoms with Gasteiger partial charge in [-0.25, -0.2) is 4.79 Å². The second-order valence-corrected chi connectivity index (χ2v) is 15.7. The highest BCUT2D eigenvalue weighted by molar-refractivity contribution is 6.06. The molecule has 4 unspecified atom stereocenters. The number of hydrogen-bond donors (Lipinski definition) is 0. The molecule has 2 amide bonds. The van der Waals surface area contributed by atoms with Gasteiger partial charge in [0.25, 0.3) is 0 Å². The molecular formula is C42H59NO7. The average molecular weight is 690 g/mol. The molecule has 1 heterocycles. The lowest BCUT2D eigenvalue weighted by molar-refractivity contribution is -0.157. The molecular weight excluding hydrogens is 630 g/mol. The summed E-state index contributed by atoms with van der Waals surface area (Å²) in [6.45, 7) is 19.1. The maximum absolute atomic E-state index is 12.3. The number of allylic oxidation sites excluding steroid dienone is 2. The Balaban J connectivity index is 0.000000221. The summed E-state index contributed by atoms with van der Waals surface area (Å²) >= 11 is 0. The van der Waals surface area contributed by atoms with Crippen molar-refractivity contribution in [2.75, 3.05) is 19.8 Å². The monoisotopic (exact) mass is 689 g/mol. The van der Waals surface area contributed by atoms with E-state index >= 15 is 0 Å². The van der Waals surface area contributed by atoms with Crippen molar-refractivity contribution in [2.24, 2.45) is 35.5 Å². The smallest absolute Gasteiger partial charge is 0.344 e. The number of nitrogens with zero attached hydrogens (tertiary/aromatic N) is 1. The molecule has 274 valence electrons. The summed E-state index contributed by atoms with van der Waals surface area (Å²) in [4.78, 5) is 49.4. The third-order valence-corrected chi connectivity index (χ3v) is 8.82. The van der Waals surface area contributed by atoms with Crippen molar-refractivity contribution in [1.29, 1.82) is 0 Å². The van der Waals surface area contributed by atoms with E-state index in [2.05, 4.69) is 64.1 Å². The van der Waals surface area contributed by atoms with Gasteiger partial charge in [0.2, 0.25) is 11.8 Å². The predicted molar refractivity (Wildman–Crippen MR) is 196 cm³/mol. The molecule has 2 aliphatic carbocycles. The summed E-state index contributed by atoms with van der Waals surface area (Å²) in [7, 11) is 0. The highest BCUT2D eigenvalue weighted by atomic mass is 16.6. The van der Waals surface area contributed by atoms with Gasteiger partial charge in [-0.2, -0.15) is 0 Å². The zero-order valence-electron chi connectivity index (χ0n) is 31.6. The Kier molecular flexibility index (Phi) is 15.3. The number of rotatable bonds is 12. The zero-order chi connectivity index (χ0) is 37.0. The van der Waals surface area contributed by atoms with Crippen LogP contribution in [0.25, 0.3) is 0 Å². The lowest BCUT2D eigenvalue weighted by Crippen LogP contribution is -2.33. The summed E-state index contributed by atoms with van der Waals surface area (Å²) in [6, 6.07) is 17.5. The number of hydrogen-bond acceptors (Lipinski definition) is 7. The largest absolute Gasteiger partial charge is 0.482 e. The van der Waals surface area contributed by atoms with Crippen molar-refractivity contribution in [1.82, 2.24) is 4.90 Å². The van der Waals surface area contributed by atoms with Crippen LogP contribution in [0.3, 0.4) is 0 Å². The van der Waals surface area contributed by atoms with Gasteiger partial charge in [-0.05, 0) is 92.9 Å². The molecule has 8 heteroatoms. The average Bonchev–Trinajstić information content (AvgIpc) is 3.74. The van der Waals surface area contributed by atoms with Crippen LogP contribution in [0.1, 0.15) is 98.6 Å². The molecule has 0 N–H and O–H groups in total. The van der Waals surface area contributed by atoms with Crippen molar-refractivity contribution in [3.05, 3.63) is 77.9 Å². The van der Waals surface area contributed by atoms with Gasteiger partial charge in [-0.1, -0.05) is 96.2 Å². The number of carbonyl (C=O) groups is 4. The molecule has 1 aliphatic heterocycles. The molecule has 1 saturated heterocycles. The quantitative estimate of drug-likeness (QED) is 0.126. The SMILES string of the molecule is CC(C)CCCN1C(=O)C2C3C=CC(C3)C2C1=O.CC(C)COC(=O)Cc1ccc(OCC(=O)OC(C)(C)C)cc1.CC(C)c1ccccc1. The fourth-order valence-corrected chi connectivity index (χ4v) is 6.37. The molecule has 50 heavy (non-hydrogen) atoms. The Labute approximate surface area is 299 Å². The van der Waals surface area contributed by atoms with Gasteiger partial charge in [-0.3, -0.25) is 19.3 Å². The molecule has 3 aliphatic rings. The summed E-state index contributed by atoms with van der Waals surface area (Å²) in [5.41, 5.74) is 1.72. The van der Waals surface area contributed by atoms with Gasteiger partial charge in [0, 0.05) is 6.54 Å². The van der Waals surface area contributed by atoms with E-state index in [1.54, 1.807) is 49.9 Å². The number of carbonyl (C=O) groups excluding carboxylic acids is 4. The first kappa shape index (κ1) is 40.5. The van der Waals surface area contributed by atoms with Gasteiger partial charge in [0.1, 0.15) is 11.4 Å². The van der Waals surface area contributed by atoms with Gasteiger partial charge in [0.15, 0.2) is 6.61 Å². The van der Waals surface area contributed by atoms with Crippen LogP contribution in [0.5, 0.6) is 5.75 Å². The van der Waals surface area contributed by atoms with Gasteiger partial charge >= 0.3 is 11.9 Å². The highest BCUT2D eigenvalue weighted by Crippen LogP contribution is 2.52. The Morgan fingerprint density at radius 1 is 0.800 bits per heavy atom. The Bertz CT molecular complexity index is 1390. The third-order valence-electron chi connectivity index (χ3n) is 8.82. The fourth-order valence-electron chi connectivity index (χ4n) is 6.37. The lowest BCUT2D eigenvalue weighted by Gasteiger charge is -2.19. The third kappa shape index (κ3) is 12.7. The van der Waals surface area contributed by atoms with Crippen LogP contribution in [-0.4, -0.2) is 54.0 Å². The van der Waals surface area contributed by atoms with Crippen LogP contribution in [0.2, 0.25) is 0 Å². The molecule has 2 bridgehead atoms. The number of imide groups is 1. The van der Waals surface area contributed by atoms with E-state index in [0.29, 0.717) is 48.5 Å². The Morgan fingerprint density at radius 2 is 1.38 bits per heavy atom. The van der Waals surface area contributed by atoms with Crippen LogP contribution in [0, 0.1) is 35.5 Å². The minimum atomic E-state index is -0.527. The van der Waals surface area contributed by atoms with Crippen molar-refractivity contribution < 1.29 is 33.4 Å². The van der Waals surface area contributed by atoms with Crippen LogP contribution in [0.15, 0.2) is 66.7 Å². The molecule has 1 saturated carbocycles. The molecule has 2 aromatic rings. The Morgan fingerprint density at radius 3 is 1.86 bits per heavy atom. The van der Waals surface area contributed by atoms with E-state index in [0.717, 1.165) is 24.8 Å². The van der Waals surface area contributed by atoms with E-state index in [1.165, 1.54) is 5.56 Å². The number of ether oxygens (including phenoxy) is 3. The summed E-state index contributed by atoms with van der Waals surface area (Å²) in [5.74, 6) is 2.34. The number of fused-ring (bicyclic) bond motifs is 5. The number of likely N-dealkylation sites (tertiary alicyclic amines) is 1. The normalized spacial score (nSPS) is 20.4. The van der Waals surface area contributed by atoms with Crippen molar-refractivity contribution >= 4 is 23.8 Å². The van der Waals surface area contributed by atoms with Gasteiger partial charge in [-0.15, -0.1) is 0 Å². The van der Waals surface area contributed by atoms with Crippen molar-refractivity contribution in [2.45, 2.75) is 99.5 Å². The zero-order valence-corrected chi connectivity index (χ0v) is 31.6. The number of esters is 2. The maximum Gasteiger partial charge on any atom is 0.344 e. The van der Waals surface area contributed by atoms with Crippen molar-refractivity contribution in [3.8, 4) is 5.75 Å². The molecule has 5 rings (SSSR count). The van der Waals surface area contributed by atoms with Crippen molar-refractivity contribution in [3.63, 3.8) is 0 Å². The molecule has 0 aromatic heterocycles. The van der Waals surface area contributed by atoms with Crippen LogP contribution in [-0.2, 0) is 35.1 Å². The van der Waals surface area contributed by atoms with E-state index in [-0.39, 0.29) is 42.6 Å². The summed E-state index contributed by atoms with van der Waals surface area (Å²) in [6.07, 6.45) is 7.56. The second kappa shape index (κ2) is 18.9. The molecule has 0 spiro atoms. The van der Waals surface area contributed by atoms with Gasteiger partial charge in [0.05, 0.1) is 24.9 Å². The lowest BCUT2D eigenvalue weighted by atomic mass is 9.85. The summed E-state index contributed by atoms with van der Waals surface area (Å²) < 4.78 is 15.7. The van der Waals surface area contributed by atoms with E-state index in [9.17, 15) is 19.2 Å². The number of amides is 2. The molecule has 4 atom stereocenters. The molecule has 2 fully saturated rings. The minimum absolute atomic E-state index is 0.0217. The minimum Gasteiger partial charge on any atom is -0.482 e. The summed E-state index contributed by atoms with van der Waals surface area (Å²) in [5, 5.41) is 0. The standard InChI is InChI=1S/C18H26O5.C15H21NO2.C9H12/c1-13(2)11-22-16(19)10-14-6-8-15(9-7-14)21-12-17(20)23-18(3,4)5;1-9(2)4-3-7-16-14(17)12-10-5-6-11(8-10)13(12)15(16)18;1-8(2)9-6-4-3-5-7-9/h6-9,13H,10-12H2,1-5H3;5-6,9-13H,3-4,7-8H2,1-2H3;3-8H,1-2H3. The van der Waals surface area contributed by atoms with Crippen LogP contribution < -0.4 is 4.74 Å². The van der Waals surface area contributed by atoms with E-state index < -0.39 is 11.6 Å². The molecule has 2 aromatic carbocycles. The topological polar surface area (TPSA) is 99.2 Å². The first-order valence-electron chi connectivity index (χ1n) is 18.2. The predicted octanol–water partition coefficient (Wildman–Crippen LogP) is 8.19.